The molecule has 0 aliphatic carbocycles. The van der Waals surface area contributed by atoms with Crippen molar-refractivity contribution in [1.82, 2.24) is 5.32 Å². The molecule has 16 heavy (non-hydrogen) atoms. The maximum Gasteiger partial charge on any atom is 0.0612 e. The maximum absolute atomic E-state index is 5.80. The van der Waals surface area contributed by atoms with Gasteiger partial charge in [0.15, 0.2) is 0 Å². The largest absolute Gasteiger partial charge is 0.378 e. The van der Waals surface area contributed by atoms with E-state index in [0.29, 0.717) is 24.1 Å². The van der Waals surface area contributed by atoms with Crippen LogP contribution in [0.3, 0.4) is 0 Å². The highest BCUT2D eigenvalue weighted by Gasteiger charge is 2.26. The predicted octanol–water partition coefficient (Wildman–Crippen LogP) is 3.21. The lowest BCUT2D eigenvalue weighted by Crippen LogP contribution is -2.46. The highest BCUT2D eigenvalue weighted by molar-refractivity contribution is 4.81. The van der Waals surface area contributed by atoms with Gasteiger partial charge in [0.1, 0.15) is 0 Å². The molecule has 0 spiro atoms. The van der Waals surface area contributed by atoms with E-state index in [1.54, 1.807) is 0 Å². The van der Waals surface area contributed by atoms with Crippen molar-refractivity contribution in [3.05, 3.63) is 0 Å². The van der Waals surface area contributed by atoms with Gasteiger partial charge in [-0.1, -0.05) is 34.1 Å². The minimum Gasteiger partial charge on any atom is -0.378 e. The average Bonchev–Trinajstić information content (AvgIpc) is 2.28. The average molecular weight is 227 g/mol. The first-order valence-corrected chi connectivity index (χ1v) is 6.92. The SMILES string of the molecule is CCC(C)C(C)NC1CCOC(C(C)C)C1. The highest BCUT2D eigenvalue weighted by atomic mass is 16.5. The molecule has 1 N–H and O–H groups in total. The van der Waals surface area contributed by atoms with Crippen LogP contribution in [0.15, 0.2) is 0 Å². The zero-order chi connectivity index (χ0) is 12.1. The van der Waals surface area contributed by atoms with Gasteiger partial charge in [0.05, 0.1) is 6.10 Å². The molecule has 4 atom stereocenters. The van der Waals surface area contributed by atoms with Gasteiger partial charge in [-0.25, -0.2) is 0 Å². The fourth-order valence-electron chi connectivity index (χ4n) is 2.33. The van der Waals surface area contributed by atoms with E-state index in [9.17, 15) is 0 Å². The molecule has 2 heteroatoms. The monoisotopic (exact) mass is 227 g/mol. The summed E-state index contributed by atoms with van der Waals surface area (Å²) in [6.07, 6.45) is 4.06. The van der Waals surface area contributed by atoms with Crippen molar-refractivity contribution in [1.29, 1.82) is 0 Å². The molecule has 0 radical (unpaired) electrons. The molecule has 1 aliphatic rings. The second-order valence-corrected chi connectivity index (χ2v) is 5.72. The second kappa shape index (κ2) is 6.61. The molecule has 4 unspecified atom stereocenters. The van der Waals surface area contributed by atoms with Crippen LogP contribution in [0.4, 0.5) is 0 Å². The van der Waals surface area contributed by atoms with E-state index in [1.165, 1.54) is 19.3 Å². The lowest BCUT2D eigenvalue weighted by atomic mass is 9.93. The van der Waals surface area contributed by atoms with Gasteiger partial charge in [-0.2, -0.15) is 0 Å². The van der Waals surface area contributed by atoms with Crippen LogP contribution < -0.4 is 5.32 Å². The number of ether oxygens (including phenoxy) is 1. The number of nitrogens with one attached hydrogen (secondary N) is 1. The van der Waals surface area contributed by atoms with E-state index in [2.05, 4.69) is 39.9 Å². The number of hydrogen-bond donors (Lipinski definition) is 1. The van der Waals surface area contributed by atoms with Crippen LogP contribution in [-0.4, -0.2) is 24.8 Å². The third kappa shape index (κ3) is 4.06. The molecule has 0 aromatic rings. The lowest BCUT2D eigenvalue weighted by Gasteiger charge is -2.35. The fraction of sp³-hybridized carbons (Fsp3) is 1.00. The van der Waals surface area contributed by atoms with Crippen LogP contribution in [0, 0.1) is 11.8 Å². The molecule has 1 rings (SSSR count). The van der Waals surface area contributed by atoms with Crippen LogP contribution in [0.1, 0.15) is 53.9 Å². The third-order valence-electron chi connectivity index (χ3n) is 4.05. The summed E-state index contributed by atoms with van der Waals surface area (Å²) in [6.45, 7) is 12.3. The molecule has 0 amide bonds. The zero-order valence-corrected chi connectivity index (χ0v) is 11.6. The molecule has 1 fully saturated rings. The summed E-state index contributed by atoms with van der Waals surface area (Å²) < 4.78 is 5.80. The van der Waals surface area contributed by atoms with E-state index in [1.807, 2.05) is 0 Å². The summed E-state index contributed by atoms with van der Waals surface area (Å²) >= 11 is 0. The highest BCUT2D eigenvalue weighted by Crippen LogP contribution is 2.21. The number of hydrogen-bond acceptors (Lipinski definition) is 2. The van der Waals surface area contributed by atoms with Gasteiger partial charge in [0.25, 0.3) is 0 Å². The molecular weight excluding hydrogens is 198 g/mol. The van der Waals surface area contributed by atoms with Gasteiger partial charge in [-0.05, 0) is 31.6 Å². The molecule has 0 aromatic carbocycles. The first-order chi connectivity index (χ1) is 7.54. The molecule has 96 valence electrons. The van der Waals surface area contributed by atoms with Crippen LogP contribution >= 0.6 is 0 Å². The Bertz CT molecular complexity index is 193. The molecule has 0 bridgehead atoms. The maximum atomic E-state index is 5.80. The Morgan fingerprint density at radius 3 is 2.50 bits per heavy atom. The first-order valence-electron chi connectivity index (χ1n) is 6.92. The molecule has 0 saturated carbocycles. The van der Waals surface area contributed by atoms with E-state index in [4.69, 9.17) is 4.74 Å². The van der Waals surface area contributed by atoms with Gasteiger partial charge in [-0.3, -0.25) is 0 Å². The van der Waals surface area contributed by atoms with E-state index >= 15 is 0 Å². The quantitative estimate of drug-likeness (QED) is 0.778. The van der Waals surface area contributed by atoms with Gasteiger partial charge >= 0.3 is 0 Å². The fourth-order valence-corrected chi connectivity index (χ4v) is 2.33. The van der Waals surface area contributed by atoms with Gasteiger partial charge in [0, 0.05) is 18.7 Å². The zero-order valence-electron chi connectivity index (χ0n) is 11.6. The molecule has 1 aliphatic heterocycles. The van der Waals surface area contributed by atoms with E-state index in [-0.39, 0.29) is 0 Å². The Hall–Kier alpha value is -0.0800. The Kier molecular flexibility index (Phi) is 5.77. The van der Waals surface area contributed by atoms with Crippen LogP contribution in [-0.2, 0) is 4.74 Å². The molecule has 2 nitrogen and oxygen atoms in total. The molecule has 0 aromatic heterocycles. The lowest BCUT2D eigenvalue weighted by molar-refractivity contribution is -0.0265. The summed E-state index contributed by atoms with van der Waals surface area (Å²) in [5.74, 6) is 1.41. The van der Waals surface area contributed by atoms with Gasteiger partial charge < -0.3 is 10.1 Å². The standard InChI is InChI=1S/C14H29NO/c1-6-11(4)12(5)15-13-7-8-16-14(9-13)10(2)3/h10-15H,6-9H2,1-5H3. The van der Waals surface area contributed by atoms with Crippen molar-refractivity contribution < 1.29 is 4.74 Å². The van der Waals surface area contributed by atoms with Crippen LogP contribution in [0.2, 0.25) is 0 Å². The summed E-state index contributed by atoms with van der Waals surface area (Å²) in [5, 5.41) is 3.77. The summed E-state index contributed by atoms with van der Waals surface area (Å²) in [4.78, 5) is 0. The van der Waals surface area contributed by atoms with Crippen molar-refractivity contribution in [3.63, 3.8) is 0 Å². The summed E-state index contributed by atoms with van der Waals surface area (Å²) in [7, 11) is 0. The minimum atomic E-state index is 0.454. The normalized spacial score (nSPS) is 30.4. The second-order valence-electron chi connectivity index (χ2n) is 5.72. The van der Waals surface area contributed by atoms with Crippen molar-refractivity contribution in [2.75, 3.05) is 6.61 Å². The van der Waals surface area contributed by atoms with Crippen LogP contribution in [0.5, 0.6) is 0 Å². The van der Waals surface area contributed by atoms with Crippen molar-refractivity contribution in [2.45, 2.75) is 72.1 Å². The third-order valence-corrected chi connectivity index (χ3v) is 4.05. The van der Waals surface area contributed by atoms with Crippen molar-refractivity contribution in [3.8, 4) is 0 Å². The van der Waals surface area contributed by atoms with E-state index < -0.39 is 0 Å². The summed E-state index contributed by atoms with van der Waals surface area (Å²) in [5.41, 5.74) is 0. The van der Waals surface area contributed by atoms with Crippen molar-refractivity contribution in [2.24, 2.45) is 11.8 Å². The first kappa shape index (κ1) is 14.0. The predicted molar refractivity (Wildman–Crippen MR) is 69.7 cm³/mol. The number of rotatable bonds is 5. The van der Waals surface area contributed by atoms with E-state index in [0.717, 1.165) is 12.5 Å². The Morgan fingerprint density at radius 2 is 1.94 bits per heavy atom. The molecular formula is C14H29NO. The van der Waals surface area contributed by atoms with Crippen LogP contribution in [0.25, 0.3) is 0 Å². The van der Waals surface area contributed by atoms with Gasteiger partial charge in [-0.15, -0.1) is 0 Å². The Morgan fingerprint density at radius 1 is 1.25 bits per heavy atom. The minimum absolute atomic E-state index is 0.454. The summed E-state index contributed by atoms with van der Waals surface area (Å²) in [6, 6.07) is 1.28. The Balaban J connectivity index is 2.36. The topological polar surface area (TPSA) is 21.3 Å². The smallest absolute Gasteiger partial charge is 0.0612 e. The van der Waals surface area contributed by atoms with Gasteiger partial charge in [0.2, 0.25) is 0 Å². The molecule has 1 heterocycles. The van der Waals surface area contributed by atoms with Crippen molar-refractivity contribution >= 4 is 0 Å². The Labute approximate surface area is 101 Å². The molecule has 1 saturated heterocycles.